The first-order valence-electron chi connectivity index (χ1n) is 10.6. The molecule has 174 valence electrons. The van der Waals surface area contributed by atoms with Crippen LogP contribution in [0.4, 0.5) is 8.78 Å². The number of methoxy groups -OCH3 is 2. The standard InChI is InChI=1S/C22H30F2N6O2/c1-31-18-9-19(32-2)21(24)17(20(18)23)4-3-14-11-28-22(29-12-14)30-16(10-25)13-27-15-5-7-26-8-6-15/h9-13,15,22,25-28,30H,3-8H2,1-2H3/b16-13+,25-10?. The third kappa shape index (κ3) is 5.97. The summed E-state index contributed by atoms with van der Waals surface area (Å²) in [6.45, 7) is 1.97. The van der Waals surface area contributed by atoms with Gasteiger partial charge in [-0.05, 0) is 44.3 Å². The zero-order valence-corrected chi connectivity index (χ0v) is 18.3. The summed E-state index contributed by atoms with van der Waals surface area (Å²) in [5.74, 6) is -1.57. The molecule has 2 aliphatic heterocycles. The average molecular weight is 449 g/mol. The van der Waals surface area contributed by atoms with Crippen molar-refractivity contribution in [2.75, 3.05) is 27.3 Å². The molecule has 1 aromatic carbocycles. The molecule has 2 aliphatic rings. The van der Waals surface area contributed by atoms with Gasteiger partial charge >= 0.3 is 0 Å². The van der Waals surface area contributed by atoms with Crippen LogP contribution in [0.3, 0.4) is 0 Å². The Kier molecular flexibility index (Phi) is 8.43. The lowest BCUT2D eigenvalue weighted by atomic mass is 10.0. The molecular formula is C22H30F2N6O2. The molecular weight excluding hydrogens is 418 g/mol. The van der Waals surface area contributed by atoms with Crippen molar-refractivity contribution in [3.63, 3.8) is 0 Å². The zero-order valence-electron chi connectivity index (χ0n) is 18.3. The van der Waals surface area contributed by atoms with Gasteiger partial charge in [-0.3, -0.25) is 0 Å². The number of hydrogen-bond donors (Lipinski definition) is 5. The second kappa shape index (κ2) is 11.5. The normalized spacial score (nSPS) is 19.1. The van der Waals surface area contributed by atoms with Gasteiger partial charge in [0.05, 0.1) is 19.9 Å². The van der Waals surface area contributed by atoms with Crippen molar-refractivity contribution < 1.29 is 18.3 Å². The van der Waals surface area contributed by atoms with Crippen LogP contribution in [0, 0.1) is 17.0 Å². The lowest BCUT2D eigenvalue weighted by Crippen LogP contribution is -2.41. The maximum absolute atomic E-state index is 14.5. The van der Waals surface area contributed by atoms with Gasteiger partial charge in [0.1, 0.15) is 0 Å². The Balaban J connectivity index is 1.55. The van der Waals surface area contributed by atoms with Crippen molar-refractivity contribution >= 4 is 12.4 Å². The van der Waals surface area contributed by atoms with E-state index in [1.807, 2.05) is 0 Å². The molecule has 0 spiro atoms. The number of allylic oxidation sites excluding steroid dienone is 2. The fourth-order valence-electron chi connectivity index (χ4n) is 3.56. The van der Waals surface area contributed by atoms with Crippen molar-refractivity contribution in [2.24, 2.45) is 4.99 Å². The predicted octanol–water partition coefficient (Wildman–Crippen LogP) is 2.18. The van der Waals surface area contributed by atoms with Gasteiger partial charge in [-0.25, -0.2) is 13.8 Å². The molecule has 1 unspecified atom stereocenters. The van der Waals surface area contributed by atoms with Gasteiger partial charge in [0.2, 0.25) is 0 Å². The molecule has 1 atom stereocenters. The van der Waals surface area contributed by atoms with Gasteiger partial charge in [-0.15, -0.1) is 0 Å². The van der Waals surface area contributed by atoms with Gasteiger partial charge in [-0.1, -0.05) is 0 Å². The first kappa shape index (κ1) is 23.5. The van der Waals surface area contributed by atoms with Crippen molar-refractivity contribution in [2.45, 2.75) is 38.0 Å². The van der Waals surface area contributed by atoms with Crippen LogP contribution in [0.5, 0.6) is 11.5 Å². The van der Waals surface area contributed by atoms with Crippen molar-refractivity contribution in [3.05, 3.63) is 46.9 Å². The third-order valence-electron chi connectivity index (χ3n) is 5.42. The van der Waals surface area contributed by atoms with E-state index in [0.29, 0.717) is 18.2 Å². The largest absolute Gasteiger partial charge is 0.494 e. The van der Waals surface area contributed by atoms with E-state index >= 15 is 0 Å². The van der Waals surface area contributed by atoms with Crippen LogP contribution >= 0.6 is 0 Å². The number of nitrogens with one attached hydrogen (secondary N) is 5. The van der Waals surface area contributed by atoms with Crippen LogP contribution in [-0.4, -0.2) is 52.1 Å². The fourth-order valence-corrected chi connectivity index (χ4v) is 3.56. The maximum atomic E-state index is 14.5. The maximum Gasteiger partial charge on any atom is 0.193 e. The number of ether oxygens (including phenoxy) is 2. The highest BCUT2D eigenvalue weighted by Gasteiger charge is 2.20. The van der Waals surface area contributed by atoms with Gasteiger partial charge in [0, 0.05) is 42.5 Å². The Labute approximate surface area is 186 Å². The average Bonchev–Trinajstić information content (AvgIpc) is 2.83. The van der Waals surface area contributed by atoms with E-state index in [0.717, 1.165) is 31.5 Å². The summed E-state index contributed by atoms with van der Waals surface area (Å²) in [7, 11) is 2.65. The highest BCUT2D eigenvalue weighted by atomic mass is 19.1. The minimum absolute atomic E-state index is 0.0593. The number of piperidine rings is 1. The predicted molar refractivity (Wildman–Crippen MR) is 120 cm³/mol. The number of rotatable bonds is 10. The quantitative estimate of drug-likeness (QED) is 0.352. The number of nitrogens with zero attached hydrogens (tertiary/aromatic N) is 1. The van der Waals surface area contributed by atoms with Crippen LogP contribution < -0.4 is 30.7 Å². The molecule has 32 heavy (non-hydrogen) atoms. The monoisotopic (exact) mass is 448 g/mol. The summed E-state index contributed by atoms with van der Waals surface area (Å²) in [6, 6.07) is 1.58. The van der Waals surface area contributed by atoms with Gasteiger partial charge in [0.25, 0.3) is 0 Å². The van der Waals surface area contributed by atoms with Crippen LogP contribution in [-0.2, 0) is 6.42 Å². The summed E-state index contributed by atoms with van der Waals surface area (Å²) in [5.41, 5.74) is 1.30. The SMILES string of the molecule is COc1cc(OC)c(F)c(CCC2=CNC(N/C(C=N)=C/NC3CCNCC3)N=C2)c1F. The van der Waals surface area contributed by atoms with Crippen LogP contribution in [0.1, 0.15) is 24.8 Å². The number of hydrogen-bond acceptors (Lipinski definition) is 8. The van der Waals surface area contributed by atoms with Crippen LogP contribution in [0.2, 0.25) is 0 Å². The molecule has 0 bridgehead atoms. The zero-order chi connectivity index (χ0) is 22.9. The molecule has 1 saturated heterocycles. The first-order chi connectivity index (χ1) is 15.5. The highest BCUT2D eigenvalue weighted by molar-refractivity contribution is 5.79. The topological polar surface area (TPSA) is 103 Å². The van der Waals surface area contributed by atoms with Crippen molar-refractivity contribution in [1.29, 1.82) is 5.41 Å². The molecule has 5 N–H and O–H groups in total. The van der Waals surface area contributed by atoms with Crippen molar-refractivity contribution in [1.82, 2.24) is 21.3 Å². The Bertz CT molecular complexity index is 869. The van der Waals surface area contributed by atoms with Crippen LogP contribution in [0.25, 0.3) is 0 Å². The smallest absolute Gasteiger partial charge is 0.193 e. The molecule has 10 heteroatoms. The Morgan fingerprint density at radius 1 is 1.19 bits per heavy atom. The van der Waals surface area contributed by atoms with Gasteiger partial charge in [0.15, 0.2) is 29.4 Å². The second-order valence-corrected chi connectivity index (χ2v) is 7.53. The second-order valence-electron chi connectivity index (χ2n) is 7.53. The molecule has 0 aliphatic carbocycles. The summed E-state index contributed by atoms with van der Waals surface area (Å²) in [6.07, 6.45) is 8.55. The Morgan fingerprint density at radius 3 is 2.44 bits per heavy atom. The number of benzene rings is 1. The summed E-state index contributed by atoms with van der Waals surface area (Å²) in [5, 5.41) is 20.5. The Morgan fingerprint density at radius 2 is 1.88 bits per heavy atom. The van der Waals surface area contributed by atoms with E-state index in [-0.39, 0.29) is 23.5 Å². The Hall–Kier alpha value is -3.14. The lowest BCUT2D eigenvalue weighted by Gasteiger charge is -2.24. The van der Waals surface area contributed by atoms with Crippen LogP contribution in [0.15, 0.2) is 34.7 Å². The first-order valence-corrected chi connectivity index (χ1v) is 10.6. The summed E-state index contributed by atoms with van der Waals surface area (Å²) in [4.78, 5) is 4.38. The molecule has 2 heterocycles. The highest BCUT2D eigenvalue weighted by Crippen LogP contribution is 2.32. The third-order valence-corrected chi connectivity index (χ3v) is 5.42. The number of aliphatic imine (C=N–C) groups is 1. The van der Waals surface area contributed by atoms with E-state index in [4.69, 9.17) is 14.9 Å². The lowest BCUT2D eigenvalue weighted by molar-refractivity contribution is 0.353. The van der Waals surface area contributed by atoms with Crippen molar-refractivity contribution in [3.8, 4) is 11.5 Å². The molecule has 1 fully saturated rings. The summed E-state index contributed by atoms with van der Waals surface area (Å²) < 4.78 is 39.0. The molecule has 3 rings (SSSR count). The molecule has 8 nitrogen and oxygen atoms in total. The molecule has 1 aromatic rings. The van der Waals surface area contributed by atoms with Gasteiger partial charge < -0.3 is 36.2 Å². The molecule has 0 radical (unpaired) electrons. The number of halogens is 2. The van der Waals surface area contributed by atoms with E-state index in [9.17, 15) is 8.78 Å². The van der Waals surface area contributed by atoms with E-state index in [2.05, 4.69) is 26.3 Å². The summed E-state index contributed by atoms with van der Waals surface area (Å²) >= 11 is 0. The fraction of sp³-hybridized carbons (Fsp3) is 0.455. The minimum atomic E-state index is -0.728. The molecule has 0 amide bonds. The van der Waals surface area contributed by atoms with E-state index in [1.165, 1.54) is 26.5 Å². The minimum Gasteiger partial charge on any atom is -0.494 e. The molecule has 0 aromatic heterocycles. The molecule has 0 saturated carbocycles. The van der Waals surface area contributed by atoms with E-state index < -0.39 is 17.9 Å². The van der Waals surface area contributed by atoms with E-state index in [1.54, 1.807) is 18.6 Å². The van der Waals surface area contributed by atoms with Gasteiger partial charge in [-0.2, -0.15) is 0 Å².